The first-order chi connectivity index (χ1) is 14.8. The maximum absolute atomic E-state index is 12.9. The van der Waals surface area contributed by atoms with Crippen LogP contribution >= 0.6 is 0 Å². The number of carbonyl (C=O) groups excluding carboxylic acids is 2. The van der Waals surface area contributed by atoms with Gasteiger partial charge in [0.15, 0.2) is 0 Å². The summed E-state index contributed by atoms with van der Waals surface area (Å²) in [7, 11) is 0. The Morgan fingerprint density at radius 3 is 2.26 bits per heavy atom. The van der Waals surface area contributed by atoms with Crippen LogP contribution in [0.3, 0.4) is 0 Å². The lowest BCUT2D eigenvalue weighted by molar-refractivity contribution is -0.117. The van der Waals surface area contributed by atoms with Crippen molar-refractivity contribution in [2.24, 2.45) is 0 Å². The molecule has 0 saturated carbocycles. The summed E-state index contributed by atoms with van der Waals surface area (Å²) in [5.74, 6) is 0.0443. The zero-order valence-corrected chi connectivity index (χ0v) is 18.0. The van der Waals surface area contributed by atoms with Crippen molar-refractivity contribution in [3.63, 3.8) is 0 Å². The summed E-state index contributed by atoms with van der Waals surface area (Å²) in [6.07, 6.45) is 1.78. The number of ether oxygens (including phenoxy) is 1. The molecule has 1 aromatic heterocycles. The van der Waals surface area contributed by atoms with Gasteiger partial charge in [-0.05, 0) is 81.8 Å². The van der Waals surface area contributed by atoms with E-state index in [9.17, 15) is 9.59 Å². The molecular weight excluding hydrogens is 390 g/mol. The number of aryl methyl sites for hydroxylation is 1. The fourth-order valence-corrected chi connectivity index (χ4v) is 3.75. The van der Waals surface area contributed by atoms with Crippen molar-refractivity contribution in [3.05, 3.63) is 83.2 Å². The van der Waals surface area contributed by atoms with Crippen molar-refractivity contribution in [2.45, 2.75) is 33.8 Å². The smallest absolute Gasteiger partial charge is 0.282 e. The quantitative estimate of drug-likeness (QED) is 0.498. The monoisotopic (exact) mass is 415 g/mol. The fraction of sp³-hybridized carbons (Fsp3) is 0.200. The molecule has 0 atom stereocenters. The van der Waals surface area contributed by atoms with Crippen LogP contribution in [-0.2, 0) is 9.59 Å². The Bertz CT molecular complexity index is 1160. The largest absolute Gasteiger partial charge is 0.491 e. The lowest BCUT2D eigenvalue weighted by Crippen LogP contribution is -2.35. The molecule has 0 bridgehead atoms. The fourth-order valence-electron chi connectivity index (χ4n) is 3.75. The molecule has 0 spiro atoms. The van der Waals surface area contributed by atoms with E-state index < -0.39 is 5.91 Å². The number of nitrogens with one attached hydrogen (secondary N) is 1. The van der Waals surface area contributed by atoms with E-state index >= 15 is 0 Å². The molecule has 1 saturated heterocycles. The molecule has 1 aliphatic rings. The van der Waals surface area contributed by atoms with Gasteiger partial charge in [0.25, 0.3) is 11.8 Å². The number of rotatable bonds is 5. The molecule has 158 valence electrons. The number of hydrogen-bond acceptors (Lipinski definition) is 3. The Labute approximate surface area is 181 Å². The van der Waals surface area contributed by atoms with Gasteiger partial charge in [-0.2, -0.15) is 0 Å². The van der Waals surface area contributed by atoms with Crippen molar-refractivity contribution >= 4 is 23.6 Å². The predicted octanol–water partition coefficient (Wildman–Crippen LogP) is 4.34. The minimum atomic E-state index is -0.408. The first-order valence-corrected chi connectivity index (χ1v) is 10.2. The molecule has 2 heterocycles. The maximum atomic E-state index is 12.9. The topological polar surface area (TPSA) is 63.6 Å². The summed E-state index contributed by atoms with van der Waals surface area (Å²) in [5, 5.41) is 1.28. The molecule has 1 fully saturated rings. The molecule has 2 aromatic carbocycles. The summed E-state index contributed by atoms with van der Waals surface area (Å²) in [6.45, 7) is 7.96. The van der Waals surface area contributed by atoms with Crippen LogP contribution in [0.1, 0.15) is 30.8 Å². The zero-order chi connectivity index (χ0) is 22.1. The molecule has 31 heavy (non-hydrogen) atoms. The Balaban J connectivity index is 1.65. The number of amides is 2. The third-order valence-electron chi connectivity index (χ3n) is 5.14. The molecule has 0 aliphatic carbocycles. The van der Waals surface area contributed by atoms with Gasteiger partial charge in [-0.25, -0.2) is 5.01 Å². The Hall–Kier alpha value is -3.80. The number of hydrazine groups is 1. The van der Waals surface area contributed by atoms with Crippen LogP contribution in [0.5, 0.6) is 5.75 Å². The second-order valence-corrected chi connectivity index (χ2v) is 7.80. The molecule has 4 rings (SSSR count). The molecule has 2 amide bonds. The Morgan fingerprint density at radius 1 is 0.935 bits per heavy atom. The number of nitrogens with zero attached hydrogens (tertiary/aromatic N) is 2. The highest BCUT2D eigenvalue weighted by Crippen LogP contribution is 2.27. The minimum Gasteiger partial charge on any atom is -0.491 e. The highest BCUT2D eigenvalue weighted by atomic mass is 16.5. The van der Waals surface area contributed by atoms with Crippen LogP contribution < -0.4 is 15.2 Å². The lowest BCUT2D eigenvalue weighted by Gasteiger charge is -2.14. The van der Waals surface area contributed by atoms with Gasteiger partial charge in [0.2, 0.25) is 0 Å². The van der Waals surface area contributed by atoms with Gasteiger partial charge >= 0.3 is 0 Å². The SMILES string of the molecule is Cc1cc(/C=C2/C(=O)NN(c3ccccc3)C2=O)c(C)n1-c1ccc(OC(C)C)cc1. The van der Waals surface area contributed by atoms with Gasteiger partial charge in [0.1, 0.15) is 11.3 Å². The summed E-state index contributed by atoms with van der Waals surface area (Å²) in [5.41, 5.74) is 7.15. The summed E-state index contributed by atoms with van der Waals surface area (Å²) in [6, 6.07) is 18.9. The van der Waals surface area contributed by atoms with Crippen molar-refractivity contribution in [2.75, 3.05) is 5.01 Å². The van der Waals surface area contributed by atoms with Crippen molar-refractivity contribution in [1.29, 1.82) is 0 Å². The van der Waals surface area contributed by atoms with E-state index in [0.29, 0.717) is 5.69 Å². The third-order valence-corrected chi connectivity index (χ3v) is 5.14. The van der Waals surface area contributed by atoms with Gasteiger partial charge in [0, 0.05) is 17.1 Å². The van der Waals surface area contributed by atoms with Crippen LogP contribution in [0.2, 0.25) is 0 Å². The first-order valence-electron chi connectivity index (χ1n) is 10.2. The average Bonchev–Trinajstić information content (AvgIpc) is 3.19. The summed E-state index contributed by atoms with van der Waals surface area (Å²) >= 11 is 0. The number of benzene rings is 2. The minimum absolute atomic E-state index is 0.115. The van der Waals surface area contributed by atoms with E-state index in [1.54, 1.807) is 18.2 Å². The number of aromatic nitrogens is 1. The molecule has 0 unspecified atom stereocenters. The first kappa shape index (κ1) is 20.5. The summed E-state index contributed by atoms with van der Waals surface area (Å²) < 4.78 is 7.82. The molecule has 6 nitrogen and oxygen atoms in total. The molecule has 1 N–H and O–H groups in total. The van der Waals surface area contributed by atoms with Gasteiger partial charge in [-0.3, -0.25) is 15.0 Å². The standard InChI is InChI=1S/C25H25N3O3/c1-16(2)31-22-12-10-20(11-13-22)27-17(3)14-19(18(27)4)15-23-24(29)26-28(25(23)30)21-8-6-5-7-9-21/h5-16H,1-4H3,(H,26,29)/b23-15-. The normalized spacial score (nSPS) is 15.1. The third kappa shape index (κ3) is 3.97. The van der Waals surface area contributed by atoms with Crippen LogP contribution in [0.15, 0.2) is 66.2 Å². The molecule has 0 radical (unpaired) electrons. The molecular formula is C25H25N3O3. The van der Waals surface area contributed by atoms with Gasteiger partial charge in [-0.15, -0.1) is 0 Å². The van der Waals surface area contributed by atoms with Crippen LogP contribution in [0.25, 0.3) is 11.8 Å². The number of hydrogen-bond donors (Lipinski definition) is 1. The van der Waals surface area contributed by atoms with Gasteiger partial charge in [-0.1, -0.05) is 18.2 Å². The lowest BCUT2D eigenvalue weighted by atomic mass is 10.1. The Kier molecular flexibility index (Phi) is 5.38. The highest BCUT2D eigenvalue weighted by molar-refractivity contribution is 6.31. The van der Waals surface area contributed by atoms with E-state index in [1.165, 1.54) is 5.01 Å². The van der Waals surface area contributed by atoms with E-state index in [2.05, 4.69) is 9.99 Å². The van der Waals surface area contributed by atoms with Gasteiger partial charge in [0.05, 0.1) is 11.8 Å². The molecule has 6 heteroatoms. The van der Waals surface area contributed by atoms with E-state index in [0.717, 1.165) is 28.4 Å². The number of carbonyl (C=O) groups is 2. The predicted molar refractivity (Wildman–Crippen MR) is 121 cm³/mol. The number of anilines is 1. The van der Waals surface area contributed by atoms with Crippen LogP contribution in [0, 0.1) is 13.8 Å². The van der Waals surface area contributed by atoms with Gasteiger partial charge < -0.3 is 9.30 Å². The summed E-state index contributed by atoms with van der Waals surface area (Å²) in [4.78, 5) is 25.4. The maximum Gasteiger partial charge on any atom is 0.282 e. The zero-order valence-electron chi connectivity index (χ0n) is 18.0. The van der Waals surface area contributed by atoms with Crippen molar-refractivity contribution in [1.82, 2.24) is 9.99 Å². The molecule has 1 aliphatic heterocycles. The van der Waals surface area contributed by atoms with E-state index in [4.69, 9.17) is 4.74 Å². The van der Waals surface area contributed by atoms with E-state index in [-0.39, 0.29) is 17.6 Å². The van der Waals surface area contributed by atoms with Crippen molar-refractivity contribution in [3.8, 4) is 11.4 Å². The van der Waals surface area contributed by atoms with E-state index in [1.807, 2.05) is 76.2 Å². The Morgan fingerprint density at radius 2 is 1.61 bits per heavy atom. The van der Waals surface area contributed by atoms with Crippen molar-refractivity contribution < 1.29 is 14.3 Å². The van der Waals surface area contributed by atoms with Crippen LogP contribution in [0.4, 0.5) is 5.69 Å². The highest BCUT2D eigenvalue weighted by Gasteiger charge is 2.34. The second kappa shape index (κ2) is 8.14. The number of para-hydroxylation sites is 1. The average molecular weight is 415 g/mol. The van der Waals surface area contributed by atoms with Crippen LogP contribution in [-0.4, -0.2) is 22.5 Å². The second-order valence-electron chi connectivity index (χ2n) is 7.80. The molecule has 3 aromatic rings.